The lowest BCUT2D eigenvalue weighted by molar-refractivity contribution is 0.362. The first-order valence-electron chi connectivity index (χ1n) is 9.94. The Labute approximate surface area is 167 Å². The molecule has 1 saturated heterocycles. The third kappa shape index (κ3) is 4.82. The van der Waals surface area contributed by atoms with Gasteiger partial charge in [0.1, 0.15) is 5.82 Å². The fraction of sp³-hybridized carbons (Fsp3) is 0.524. The second-order valence-corrected chi connectivity index (χ2v) is 7.57. The van der Waals surface area contributed by atoms with Gasteiger partial charge in [0.2, 0.25) is 0 Å². The van der Waals surface area contributed by atoms with Gasteiger partial charge in [0.15, 0.2) is 5.96 Å². The maximum absolute atomic E-state index is 14.0. The summed E-state index contributed by atoms with van der Waals surface area (Å²) in [5.41, 5.74) is 2.93. The highest BCUT2D eigenvalue weighted by Crippen LogP contribution is 2.20. The van der Waals surface area contributed by atoms with E-state index in [2.05, 4.69) is 49.8 Å². The van der Waals surface area contributed by atoms with Crippen molar-refractivity contribution in [2.45, 2.75) is 27.3 Å². The van der Waals surface area contributed by atoms with E-state index in [4.69, 9.17) is 0 Å². The molecule has 1 unspecified atom stereocenters. The van der Waals surface area contributed by atoms with Crippen LogP contribution >= 0.6 is 0 Å². The van der Waals surface area contributed by atoms with Crippen molar-refractivity contribution in [3.05, 3.63) is 47.5 Å². The molecule has 28 heavy (non-hydrogen) atoms. The maximum atomic E-state index is 14.0. The fourth-order valence-corrected chi connectivity index (χ4v) is 3.68. The second-order valence-electron chi connectivity index (χ2n) is 7.57. The third-order valence-electron chi connectivity index (χ3n) is 5.18. The van der Waals surface area contributed by atoms with E-state index in [1.807, 2.05) is 26.1 Å². The number of piperazine rings is 1. The van der Waals surface area contributed by atoms with Gasteiger partial charge in [-0.3, -0.25) is 9.67 Å². The van der Waals surface area contributed by atoms with Crippen LogP contribution in [0.3, 0.4) is 0 Å². The minimum atomic E-state index is -0.156. The van der Waals surface area contributed by atoms with Crippen LogP contribution in [0.4, 0.5) is 10.1 Å². The molecular formula is C21H31FN6. The molecule has 1 fully saturated rings. The average molecular weight is 387 g/mol. The predicted octanol–water partition coefficient (Wildman–Crippen LogP) is 2.67. The summed E-state index contributed by atoms with van der Waals surface area (Å²) < 4.78 is 16.1. The number of rotatable bonds is 5. The number of aryl methyl sites for hydroxylation is 2. The summed E-state index contributed by atoms with van der Waals surface area (Å²) in [5, 5.41) is 8.04. The molecule has 152 valence electrons. The summed E-state index contributed by atoms with van der Waals surface area (Å²) in [6.07, 6.45) is 0. The van der Waals surface area contributed by atoms with E-state index in [9.17, 15) is 4.39 Å². The highest BCUT2D eigenvalue weighted by Gasteiger charge is 2.21. The molecule has 1 atom stereocenters. The lowest BCUT2D eigenvalue weighted by Gasteiger charge is -2.38. The summed E-state index contributed by atoms with van der Waals surface area (Å²) in [6.45, 7) is 11.2. The molecule has 1 aromatic heterocycles. The number of anilines is 1. The van der Waals surface area contributed by atoms with Crippen molar-refractivity contribution in [2.24, 2.45) is 10.9 Å². The molecule has 2 aromatic rings. The summed E-state index contributed by atoms with van der Waals surface area (Å²) in [5.74, 6) is 1.18. The van der Waals surface area contributed by atoms with Gasteiger partial charge in [-0.1, -0.05) is 19.1 Å². The number of hydrogen-bond acceptors (Lipinski definition) is 3. The second kappa shape index (κ2) is 9.08. The van der Waals surface area contributed by atoms with Crippen LogP contribution in [0.2, 0.25) is 0 Å². The van der Waals surface area contributed by atoms with Gasteiger partial charge in [-0.25, -0.2) is 4.39 Å². The number of aliphatic imine (C=N–C) groups is 1. The average Bonchev–Trinajstić information content (AvgIpc) is 3.00. The zero-order valence-corrected chi connectivity index (χ0v) is 17.3. The maximum Gasteiger partial charge on any atom is 0.193 e. The van der Waals surface area contributed by atoms with E-state index >= 15 is 0 Å². The standard InChI is InChI=1S/C21H31FN6/c1-16(15-28-18(3)13-17(2)25-28)14-24-21(23-4)27-11-9-26(10-12-27)20-8-6-5-7-19(20)22/h5-8,13,16H,9-12,14-15H2,1-4H3,(H,23,24). The van der Waals surface area contributed by atoms with Crippen LogP contribution < -0.4 is 10.2 Å². The number of para-hydroxylation sites is 1. The van der Waals surface area contributed by atoms with Gasteiger partial charge in [-0.15, -0.1) is 0 Å². The quantitative estimate of drug-likeness (QED) is 0.634. The molecule has 0 radical (unpaired) electrons. The molecule has 1 aliphatic rings. The van der Waals surface area contributed by atoms with Crippen LogP contribution in [-0.2, 0) is 6.54 Å². The van der Waals surface area contributed by atoms with Gasteiger partial charge < -0.3 is 15.1 Å². The fourth-order valence-electron chi connectivity index (χ4n) is 3.68. The summed E-state index contributed by atoms with van der Waals surface area (Å²) in [4.78, 5) is 8.79. The number of nitrogens with zero attached hydrogens (tertiary/aromatic N) is 5. The van der Waals surface area contributed by atoms with Crippen LogP contribution in [0.25, 0.3) is 0 Å². The molecule has 1 aliphatic heterocycles. The molecular weight excluding hydrogens is 355 g/mol. The molecule has 1 aromatic carbocycles. The van der Waals surface area contributed by atoms with Crippen LogP contribution in [0.1, 0.15) is 18.3 Å². The Kier molecular flexibility index (Phi) is 6.54. The Bertz CT molecular complexity index is 807. The van der Waals surface area contributed by atoms with E-state index in [1.54, 1.807) is 6.07 Å². The minimum absolute atomic E-state index is 0.156. The molecule has 0 aliphatic carbocycles. The zero-order chi connectivity index (χ0) is 20.1. The molecule has 1 N–H and O–H groups in total. The van der Waals surface area contributed by atoms with E-state index < -0.39 is 0 Å². The summed E-state index contributed by atoms with van der Waals surface area (Å²) in [6, 6.07) is 9.09. The van der Waals surface area contributed by atoms with Gasteiger partial charge >= 0.3 is 0 Å². The van der Waals surface area contributed by atoms with Crippen molar-refractivity contribution in [2.75, 3.05) is 44.7 Å². The zero-order valence-electron chi connectivity index (χ0n) is 17.3. The highest BCUT2D eigenvalue weighted by molar-refractivity contribution is 5.80. The smallest absolute Gasteiger partial charge is 0.193 e. The third-order valence-corrected chi connectivity index (χ3v) is 5.18. The topological polar surface area (TPSA) is 48.7 Å². The number of aromatic nitrogens is 2. The lowest BCUT2D eigenvalue weighted by Crippen LogP contribution is -2.53. The SMILES string of the molecule is CN=C(NCC(C)Cn1nc(C)cc1C)N1CCN(c2ccccc2F)CC1. The van der Waals surface area contributed by atoms with Crippen molar-refractivity contribution in [1.29, 1.82) is 0 Å². The van der Waals surface area contributed by atoms with E-state index in [1.165, 1.54) is 11.8 Å². The van der Waals surface area contributed by atoms with Gasteiger partial charge in [-0.2, -0.15) is 5.10 Å². The largest absolute Gasteiger partial charge is 0.366 e. The van der Waals surface area contributed by atoms with E-state index in [-0.39, 0.29) is 5.82 Å². The van der Waals surface area contributed by atoms with Crippen molar-refractivity contribution in [3.8, 4) is 0 Å². The first-order valence-corrected chi connectivity index (χ1v) is 9.94. The number of hydrogen-bond donors (Lipinski definition) is 1. The monoisotopic (exact) mass is 386 g/mol. The van der Waals surface area contributed by atoms with Crippen molar-refractivity contribution >= 4 is 11.6 Å². The highest BCUT2D eigenvalue weighted by atomic mass is 19.1. The Balaban J connectivity index is 1.49. The molecule has 2 heterocycles. The Morgan fingerprint density at radius 3 is 2.54 bits per heavy atom. The lowest BCUT2D eigenvalue weighted by atomic mass is 10.2. The number of halogens is 1. The van der Waals surface area contributed by atoms with Crippen LogP contribution in [0, 0.1) is 25.6 Å². The number of guanidine groups is 1. The summed E-state index contributed by atoms with van der Waals surface area (Å²) in [7, 11) is 1.82. The van der Waals surface area contributed by atoms with Gasteiger partial charge in [0, 0.05) is 52.0 Å². The summed E-state index contributed by atoms with van der Waals surface area (Å²) >= 11 is 0. The number of benzene rings is 1. The number of nitrogens with one attached hydrogen (secondary N) is 1. The van der Waals surface area contributed by atoms with Crippen molar-refractivity contribution < 1.29 is 4.39 Å². The van der Waals surface area contributed by atoms with Crippen LogP contribution in [-0.4, -0.2) is 60.4 Å². The van der Waals surface area contributed by atoms with E-state index in [0.717, 1.165) is 50.9 Å². The van der Waals surface area contributed by atoms with Gasteiger partial charge in [0.05, 0.1) is 11.4 Å². The van der Waals surface area contributed by atoms with Gasteiger partial charge in [-0.05, 0) is 38.0 Å². The molecule has 0 saturated carbocycles. The molecule has 6 nitrogen and oxygen atoms in total. The molecule has 3 rings (SSSR count). The van der Waals surface area contributed by atoms with E-state index in [0.29, 0.717) is 11.6 Å². The molecule has 0 spiro atoms. The normalized spacial score (nSPS) is 16.4. The first-order chi connectivity index (χ1) is 13.5. The minimum Gasteiger partial charge on any atom is -0.366 e. The van der Waals surface area contributed by atoms with Gasteiger partial charge in [0.25, 0.3) is 0 Å². The van der Waals surface area contributed by atoms with Crippen LogP contribution in [0.5, 0.6) is 0 Å². The molecule has 0 amide bonds. The Morgan fingerprint density at radius 2 is 1.93 bits per heavy atom. The van der Waals surface area contributed by atoms with Crippen molar-refractivity contribution in [1.82, 2.24) is 20.0 Å². The Hall–Kier alpha value is -2.57. The van der Waals surface area contributed by atoms with Crippen molar-refractivity contribution in [3.63, 3.8) is 0 Å². The first kappa shape index (κ1) is 20.2. The molecule has 7 heteroatoms. The van der Waals surface area contributed by atoms with Crippen LogP contribution in [0.15, 0.2) is 35.3 Å². The molecule has 0 bridgehead atoms. The Morgan fingerprint density at radius 1 is 1.21 bits per heavy atom. The predicted molar refractivity (Wildman–Crippen MR) is 112 cm³/mol.